The van der Waals surface area contributed by atoms with Crippen molar-refractivity contribution >= 4 is 23.5 Å². The highest BCUT2D eigenvalue weighted by Gasteiger charge is 2.50. The van der Waals surface area contributed by atoms with E-state index in [-0.39, 0.29) is 24.8 Å². The molecule has 4 bridgehead atoms. The summed E-state index contributed by atoms with van der Waals surface area (Å²) < 4.78 is 10.7. The standard InChI is InChI=1S/C23H29ClO4/c24-19-3-1-4-20(12-19)28-22(26)6-2-5-21(25)27-8-7-23-13-16-9-17(14-23)11-18(10-16)15-23/h1,3-4,12,16-18H,2,5-11,13-15H2. The van der Waals surface area contributed by atoms with Crippen molar-refractivity contribution < 1.29 is 19.1 Å². The van der Waals surface area contributed by atoms with Crippen LogP contribution in [-0.4, -0.2) is 18.5 Å². The molecule has 0 aliphatic heterocycles. The number of benzene rings is 1. The Bertz CT molecular complexity index is 694. The average molecular weight is 405 g/mol. The molecule has 4 saturated carbocycles. The van der Waals surface area contributed by atoms with Crippen LogP contribution in [0.1, 0.15) is 64.2 Å². The second kappa shape index (κ2) is 8.44. The largest absolute Gasteiger partial charge is 0.466 e. The lowest BCUT2D eigenvalue weighted by Crippen LogP contribution is -2.46. The summed E-state index contributed by atoms with van der Waals surface area (Å²) in [6.45, 7) is 0.526. The van der Waals surface area contributed by atoms with Crippen LogP contribution in [0, 0.1) is 23.2 Å². The smallest absolute Gasteiger partial charge is 0.311 e. The number of carbonyl (C=O) groups is 2. The Morgan fingerprint density at radius 3 is 2.29 bits per heavy atom. The van der Waals surface area contributed by atoms with Gasteiger partial charge >= 0.3 is 11.9 Å². The Kier molecular flexibility index (Phi) is 5.96. The Morgan fingerprint density at radius 2 is 1.64 bits per heavy atom. The van der Waals surface area contributed by atoms with Gasteiger partial charge in [-0.1, -0.05) is 17.7 Å². The zero-order chi connectivity index (χ0) is 19.6. The minimum absolute atomic E-state index is 0.191. The minimum atomic E-state index is -0.358. The summed E-state index contributed by atoms with van der Waals surface area (Å²) in [7, 11) is 0. The van der Waals surface area contributed by atoms with Gasteiger partial charge in [0.1, 0.15) is 5.75 Å². The average Bonchev–Trinajstić information content (AvgIpc) is 2.60. The van der Waals surface area contributed by atoms with Gasteiger partial charge < -0.3 is 9.47 Å². The first kappa shape index (κ1) is 19.8. The van der Waals surface area contributed by atoms with E-state index in [1.165, 1.54) is 38.5 Å². The number of rotatable bonds is 8. The summed E-state index contributed by atoms with van der Waals surface area (Å²) in [4.78, 5) is 23.9. The van der Waals surface area contributed by atoms with Crippen LogP contribution in [0.5, 0.6) is 5.75 Å². The van der Waals surface area contributed by atoms with Crippen LogP contribution >= 0.6 is 11.6 Å². The van der Waals surface area contributed by atoms with Gasteiger partial charge in [0.05, 0.1) is 6.61 Å². The van der Waals surface area contributed by atoms with Gasteiger partial charge in [0, 0.05) is 17.9 Å². The van der Waals surface area contributed by atoms with Gasteiger partial charge in [-0.3, -0.25) is 9.59 Å². The van der Waals surface area contributed by atoms with Gasteiger partial charge in [-0.15, -0.1) is 0 Å². The molecule has 0 N–H and O–H groups in total. The summed E-state index contributed by atoms with van der Waals surface area (Å²) in [5.41, 5.74) is 0.440. The molecule has 4 aliphatic carbocycles. The highest BCUT2D eigenvalue weighted by molar-refractivity contribution is 6.30. The van der Waals surface area contributed by atoms with Crippen LogP contribution < -0.4 is 4.74 Å². The van der Waals surface area contributed by atoms with E-state index in [9.17, 15) is 9.59 Å². The van der Waals surface area contributed by atoms with Crippen molar-refractivity contribution in [2.75, 3.05) is 6.61 Å². The quantitative estimate of drug-likeness (QED) is 0.420. The molecular formula is C23H29ClO4. The van der Waals surface area contributed by atoms with Gasteiger partial charge in [-0.2, -0.15) is 0 Å². The zero-order valence-corrected chi connectivity index (χ0v) is 17.1. The van der Waals surface area contributed by atoms with Crippen LogP contribution in [0.25, 0.3) is 0 Å². The molecule has 0 amide bonds. The van der Waals surface area contributed by atoms with E-state index in [4.69, 9.17) is 21.1 Å². The molecule has 152 valence electrons. The highest BCUT2D eigenvalue weighted by Crippen LogP contribution is 2.61. The van der Waals surface area contributed by atoms with Gasteiger partial charge in [-0.25, -0.2) is 0 Å². The molecule has 0 radical (unpaired) electrons. The molecule has 5 heteroatoms. The molecule has 4 aliphatic rings. The van der Waals surface area contributed by atoms with Crippen molar-refractivity contribution in [1.82, 2.24) is 0 Å². The van der Waals surface area contributed by atoms with E-state index in [0.29, 0.717) is 29.2 Å². The molecule has 0 spiro atoms. The van der Waals surface area contributed by atoms with Crippen LogP contribution in [0.3, 0.4) is 0 Å². The van der Waals surface area contributed by atoms with Crippen molar-refractivity contribution in [1.29, 1.82) is 0 Å². The Hall–Kier alpha value is -1.55. The van der Waals surface area contributed by atoms with Gasteiger partial charge in [0.15, 0.2) is 0 Å². The normalized spacial score (nSPS) is 30.2. The van der Waals surface area contributed by atoms with E-state index in [2.05, 4.69) is 0 Å². The summed E-state index contributed by atoms with van der Waals surface area (Å²) in [5.74, 6) is 2.63. The summed E-state index contributed by atoms with van der Waals surface area (Å²) in [5, 5.41) is 0.521. The molecule has 0 unspecified atom stereocenters. The minimum Gasteiger partial charge on any atom is -0.466 e. The molecule has 0 saturated heterocycles. The van der Waals surface area contributed by atoms with Crippen LogP contribution in [0.15, 0.2) is 24.3 Å². The van der Waals surface area contributed by atoms with E-state index >= 15 is 0 Å². The van der Waals surface area contributed by atoms with Crippen LogP contribution in [0.4, 0.5) is 0 Å². The van der Waals surface area contributed by atoms with Crippen molar-refractivity contribution in [3.8, 4) is 5.75 Å². The third kappa shape index (κ3) is 4.89. The highest BCUT2D eigenvalue weighted by atomic mass is 35.5. The summed E-state index contributed by atoms with van der Waals surface area (Å²) >= 11 is 5.87. The number of hydrogen-bond acceptors (Lipinski definition) is 4. The molecule has 0 atom stereocenters. The third-order valence-corrected chi connectivity index (χ3v) is 7.09. The van der Waals surface area contributed by atoms with Gasteiger partial charge in [0.2, 0.25) is 0 Å². The van der Waals surface area contributed by atoms with Crippen LogP contribution in [0.2, 0.25) is 5.02 Å². The molecule has 28 heavy (non-hydrogen) atoms. The number of halogens is 1. The predicted octanol–water partition coefficient (Wildman–Crippen LogP) is 5.57. The number of ether oxygens (including phenoxy) is 2. The second-order valence-electron chi connectivity index (χ2n) is 9.17. The topological polar surface area (TPSA) is 52.6 Å². The van der Waals surface area contributed by atoms with Crippen molar-refractivity contribution in [2.24, 2.45) is 23.2 Å². The zero-order valence-electron chi connectivity index (χ0n) is 16.3. The van der Waals surface area contributed by atoms with Gasteiger partial charge in [-0.05, 0) is 92.7 Å². The van der Waals surface area contributed by atoms with E-state index < -0.39 is 0 Å². The van der Waals surface area contributed by atoms with E-state index in [0.717, 1.165) is 24.2 Å². The Labute approximate surface area is 171 Å². The van der Waals surface area contributed by atoms with Gasteiger partial charge in [0.25, 0.3) is 0 Å². The molecule has 4 nitrogen and oxygen atoms in total. The maximum absolute atomic E-state index is 12.0. The molecule has 0 aromatic heterocycles. The lowest BCUT2D eigenvalue weighted by atomic mass is 9.49. The fourth-order valence-corrected chi connectivity index (χ4v) is 6.32. The predicted molar refractivity (Wildman–Crippen MR) is 107 cm³/mol. The van der Waals surface area contributed by atoms with Crippen LogP contribution in [-0.2, 0) is 14.3 Å². The molecule has 1 aromatic carbocycles. The van der Waals surface area contributed by atoms with Crippen molar-refractivity contribution in [2.45, 2.75) is 64.2 Å². The SMILES string of the molecule is O=C(CCCC(=O)Oc1cccc(Cl)c1)OCCC12CC3CC(CC(C3)C1)C2. The molecule has 4 fully saturated rings. The molecule has 5 rings (SSSR count). The lowest BCUT2D eigenvalue weighted by molar-refractivity contribution is -0.146. The maximum Gasteiger partial charge on any atom is 0.311 e. The summed E-state index contributed by atoms with van der Waals surface area (Å²) in [6.07, 6.45) is 10.2. The maximum atomic E-state index is 12.0. The number of carbonyl (C=O) groups excluding carboxylic acids is 2. The second-order valence-corrected chi connectivity index (χ2v) is 9.61. The Balaban J connectivity index is 1.12. The number of hydrogen-bond donors (Lipinski definition) is 0. The first-order valence-electron chi connectivity index (χ1n) is 10.6. The fraction of sp³-hybridized carbons (Fsp3) is 0.652. The monoisotopic (exact) mass is 404 g/mol. The molecule has 0 heterocycles. The van der Waals surface area contributed by atoms with E-state index in [1.807, 2.05) is 0 Å². The van der Waals surface area contributed by atoms with Crippen molar-refractivity contribution in [3.05, 3.63) is 29.3 Å². The molecule has 1 aromatic rings. The summed E-state index contributed by atoms with van der Waals surface area (Å²) in [6, 6.07) is 6.73. The number of esters is 2. The fourth-order valence-electron chi connectivity index (χ4n) is 6.14. The lowest BCUT2D eigenvalue weighted by Gasteiger charge is -2.57. The Morgan fingerprint density at radius 1 is 1.00 bits per heavy atom. The first-order valence-corrected chi connectivity index (χ1v) is 11.0. The van der Waals surface area contributed by atoms with E-state index in [1.54, 1.807) is 24.3 Å². The molecular weight excluding hydrogens is 376 g/mol. The van der Waals surface area contributed by atoms with Crippen molar-refractivity contribution in [3.63, 3.8) is 0 Å². The first-order chi connectivity index (χ1) is 13.5. The third-order valence-electron chi connectivity index (χ3n) is 6.85.